The van der Waals surface area contributed by atoms with Gasteiger partial charge in [0, 0.05) is 0 Å². The number of hydrogen-bond acceptors (Lipinski definition) is 5. The number of aliphatic hydroxyl groups excluding tert-OH is 1. The molecule has 0 saturated heterocycles. The molecule has 0 bridgehead atoms. The zero-order valence-electron chi connectivity index (χ0n) is 21.6. The molecule has 2 aromatic rings. The first kappa shape index (κ1) is 29.5. The van der Waals surface area contributed by atoms with Gasteiger partial charge in [-0.1, -0.05) is 79.7 Å². The van der Waals surface area contributed by atoms with E-state index in [1.165, 1.54) is 6.08 Å². The van der Waals surface area contributed by atoms with Crippen molar-refractivity contribution in [2.24, 2.45) is 11.8 Å². The summed E-state index contributed by atoms with van der Waals surface area (Å²) in [7, 11) is 0. The number of carbonyl (C=O) groups is 3. The van der Waals surface area contributed by atoms with E-state index < -0.39 is 41.9 Å². The average molecular weight is 507 g/mol. The fraction of sp³-hybridized carbons (Fsp3) is 0.367. The summed E-state index contributed by atoms with van der Waals surface area (Å²) >= 11 is 0. The maximum Gasteiger partial charge on any atom is 0.309 e. The van der Waals surface area contributed by atoms with E-state index >= 15 is 0 Å². The van der Waals surface area contributed by atoms with E-state index in [2.05, 4.69) is 23.8 Å². The molecule has 37 heavy (non-hydrogen) atoms. The predicted octanol–water partition coefficient (Wildman–Crippen LogP) is 3.90. The lowest BCUT2D eigenvalue weighted by Crippen LogP contribution is -2.49. The number of allylic oxidation sites excluding steroid dienone is 2. The van der Waals surface area contributed by atoms with Gasteiger partial charge in [0.25, 0.3) is 0 Å². The number of carbonyl (C=O) groups excluding carboxylic acids is 3. The second-order valence-corrected chi connectivity index (χ2v) is 9.15. The molecular formula is C30H38N2O5. The van der Waals surface area contributed by atoms with Gasteiger partial charge in [-0.3, -0.25) is 14.4 Å². The van der Waals surface area contributed by atoms with Crippen molar-refractivity contribution in [1.29, 1.82) is 0 Å². The quantitative estimate of drug-likeness (QED) is 0.193. The Morgan fingerprint density at radius 3 is 2.03 bits per heavy atom. The third-order valence-corrected chi connectivity index (χ3v) is 6.04. The van der Waals surface area contributed by atoms with Crippen LogP contribution in [0, 0.1) is 11.8 Å². The van der Waals surface area contributed by atoms with Crippen molar-refractivity contribution in [2.45, 2.75) is 51.3 Å². The minimum atomic E-state index is -1.06. The normalized spacial score (nSPS) is 14.8. The van der Waals surface area contributed by atoms with Crippen molar-refractivity contribution in [1.82, 2.24) is 10.6 Å². The highest BCUT2D eigenvalue weighted by Gasteiger charge is 2.32. The number of benzene rings is 2. The monoisotopic (exact) mass is 506 g/mol. The Morgan fingerprint density at radius 1 is 0.892 bits per heavy atom. The summed E-state index contributed by atoms with van der Waals surface area (Å²) in [6.45, 7) is 10.6. The molecule has 3 N–H and O–H groups in total. The van der Waals surface area contributed by atoms with Gasteiger partial charge in [-0.25, -0.2) is 0 Å². The van der Waals surface area contributed by atoms with Crippen LogP contribution in [-0.2, 0) is 25.5 Å². The first-order valence-electron chi connectivity index (χ1n) is 12.5. The number of ether oxygens (including phenoxy) is 1. The van der Waals surface area contributed by atoms with Gasteiger partial charge in [0.1, 0.15) is 12.0 Å². The van der Waals surface area contributed by atoms with Gasteiger partial charge in [-0.05, 0) is 37.3 Å². The van der Waals surface area contributed by atoms with Crippen molar-refractivity contribution in [3.63, 3.8) is 0 Å². The van der Waals surface area contributed by atoms with Gasteiger partial charge in [0.2, 0.25) is 11.8 Å². The van der Waals surface area contributed by atoms with Gasteiger partial charge < -0.3 is 20.5 Å². The van der Waals surface area contributed by atoms with E-state index in [-0.39, 0.29) is 18.9 Å². The Bertz CT molecular complexity index is 1020. The van der Waals surface area contributed by atoms with Crippen molar-refractivity contribution in [2.75, 3.05) is 6.61 Å². The van der Waals surface area contributed by atoms with Gasteiger partial charge in [0.05, 0.1) is 24.6 Å². The molecule has 7 heteroatoms. The average Bonchev–Trinajstić information content (AvgIpc) is 2.90. The summed E-state index contributed by atoms with van der Waals surface area (Å²) in [5.74, 6) is -2.87. The van der Waals surface area contributed by atoms with Crippen LogP contribution in [0.4, 0.5) is 0 Å². The Hall–Kier alpha value is -3.71. The molecule has 2 aromatic carbocycles. The Labute approximate surface area is 219 Å². The van der Waals surface area contributed by atoms with Crippen LogP contribution in [0.25, 0.3) is 0 Å². The second kappa shape index (κ2) is 15.4. The van der Waals surface area contributed by atoms with Gasteiger partial charge in [0.15, 0.2) is 0 Å². The van der Waals surface area contributed by atoms with E-state index in [1.807, 2.05) is 60.7 Å². The molecule has 0 aliphatic rings. The Morgan fingerprint density at radius 2 is 1.46 bits per heavy atom. The van der Waals surface area contributed by atoms with Crippen molar-refractivity contribution >= 4 is 17.8 Å². The number of aliphatic hydroxyl groups is 1. The number of amides is 2. The molecule has 0 saturated carbocycles. The summed E-state index contributed by atoms with van der Waals surface area (Å²) in [4.78, 5) is 39.0. The second-order valence-electron chi connectivity index (χ2n) is 9.15. The topological polar surface area (TPSA) is 105 Å². The summed E-state index contributed by atoms with van der Waals surface area (Å²) in [5.41, 5.74) is 1.68. The van der Waals surface area contributed by atoms with Gasteiger partial charge >= 0.3 is 5.97 Å². The Balaban J connectivity index is 2.14. The molecule has 0 radical (unpaired) electrons. The maximum atomic E-state index is 13.2. The molecule has 0 fully saturated rings. The first-order chi connectivity index (χ1) is 17.8. The molecule has 0 spiro atoms. The van der Waals surface area contributed by atoms with E-state index in [9.17, 15) is 19.5 Å². The number of esters is 1. The van der Waals surface area contributed by atoms with Crippen LogP contribution in [0.5, 0.6) is 0 Å². The van der Waals surface area contributed by atoms with Crippen LogP contribution in [0.1, 0.15) is 43.9 Å². The summed E-state index contributed by atoms with van der Waals surface area (Å²) in [6.07, 6.45) is 3.42. The maximum absolute atomic E-state index is 13.2. The minimum absolute atomic E-state index is 0.111. The number of rotatable bonds is 15. The van der Waals surface area contributed by atoms with E-state index in [4.69, 9.17) is 4.74 Å². The standard InChI is InChI=1S/C30H38N2O5/c1-5-13-21(3)30(36)37-27(24-17-11-8-12-18-24)22(4)31-28(34)26(14-6-2)29(35)32-25(20-33)19-23-15-9-7-10-16-23/h5-12,15-18,21-22,25-27,33H,1-2,13-14,19-20H2,3-4H3,(H,31,34)(H,32,35)/t21-,22+,25+,26?,27+/m0/s1. The molecule has 0 aliphatic carbocycles. The van der Waals surface area contributed by atoms with E-state index in [0.717, 1.165) is 11.1 Å². The van der Waals surface area contributed by atoms with Crippen LogP contribution < -0.4 is 10.6 Å². The van der Waals surface area contributed by atoms with Gasteiger partial charge in [-0.15, -0.1) is 13.2 Å². The highest BCUT2D eigenvalue weighted by Crippen LogP contribution is 2.24. The summed E-state index contributed by atoms with van der Waals surface area (Å²) < 4.78 is 5.81. The molecule has 7 nitrogen and oxygen atoms in total. The molecular weight excluding hydrogens is 468 g/mol. The van der Waals surface area contributed by atoms with Gasteiger partial charge in [-0.2, -0.15) is 0 Å². The Kier molecular flexibility index (Phi) is 12.3. The molecule has 2 amide bonds. The van der Waals surface area contributed by atoms with Crippen LogP contribution in [0.3, 0.4) is 0 Å². The van der Waals surface area contributed by atoms with Crippen LogP contribution in [0.15, 0.2) is 86.0 Å². The zero-order valence-corrected chi connectivity index (χ0v) is 21.6. The van der Waals surface area contributed by atoms with Crippen LogP contribution in [-0.4, -0.2) is 41.6 Å². The highest BCUT2D eigenvalue weighted by molar-refractivity contribution is 6.00. The van der Waals surface area contributed by atoms with Crippen molar-refractivity contribution < 1.29 is 24.2 Å². The lowest BCUT2D eigenvalue weighted by molar-refractivity contribution is -0.156. The number of hydrogen-bond donors (Lipinski definition) is 3. The summed E-state index contributed by atoms with van der Waals surface area (Å²) in [5, 5.41) is 15.4. The lowest BCUT2D eigenvalue weighted by atomic mass is 9.98. The largest absolute Gasteiger partial charge is 0.455 e. The first-order valence-corrected chi connectivity index (χ1v) is 12.5. The van der Waals surface area contributed by atoms with Crippen molar-refractivity contribution in [3.05, 3.63) is 97.1 Å². The molecule has 198 valence electrons. The minimum Gasteiger partial charge on any atom is -0.455 e. The zero-order chi connectivity index (χ0) is 27.2. The SMILES string of the molecule is C=CCC(C(=O)N[C@@H](CO)Cc1ccccc1)C(=O)N[C@H](C)[C@@H](OC(=O)[C@@H](C)CC=C)c1ccccc1. The fourth-order valence-corrected chi connectivity index (χ4v) is 3.95. The molecule has 1 unspecified atom stereocenters. The van der Waals surface area contributed by atoms with E-state index in [1.54, 1.807) is 19.9 Å². The predicted molar refractivity (Wildman–Crippen MR) is 144 cm³/mol. The molecule has 5 atom stereocenters. The van der Waals surface area contributed by atoms with Crippen molar-refractivity contribution in [3.8, 4) is 0 Å². The molecule has 0 heterocycles. The van der Waals surface area contributed by atoms with E-state index in [0.29, 0.717) is 12.8 Å². The third-order valence-electron chi connectivity index (χ3n) is 6.04. The fourth-order valence-electron chi connectivity index (χ4n) is 3.95. The molecule has 2 rings (SSSR count). The number of nitrogens with one attached hydrogen (secondary N) is 2. The highest BCUT2D eigenvalue weighted by atomic mass is 16.5. The third kappa shape index (κ3) is 9.35. The van der Waals surface area contributed by atoms with Crippen LogP contribution >= 0.6 is 0 Å². The van der Waals surface area contributed by atoms with Crippen LogP contribution in [0.2, 0.25) is 0 Å². The lowest BCUT2D eigenvalue weighted by Gasteiger charge is -2.28. The smallest absolute Gasteiger partial charge is 0.309 e. The molecule has 0 aromatic heterocycles. The molecule has 0 aliphatic heterocycles. The summed E-state index contributed by atoms with van der Waals surface area (Å²) in [6, 6.07) is 17.5.